The van der Waals surface area contributed by atoms with Gasteiger partial charge in [0.25, 0.3) is 5.91 Å². The van der Waals surface area contributed by atoms with Gasteiger partial charge in [0.15, 0.2) is 0 Å². The predicted octanol–water partition coefficient (Wildman–Crippen LogP) is 0.463. The molecule has 0 saturated carbocycles. The highest BCUT2D eigenvalue weighted by molar-refractivity contribution is 6.04. The van der Waals surface area contributed by atoms with E-state index < -0.39 is 0 Å². The molecular weight excluding hydrogens is 258 g/mol. The number of morpholine rings is 1. The number of nitrogens with zero attached hydrogens (tertiary/aromatic N) is 3. The highest BCUT2D eigenvalue weighted by Crippen LogP contribution is 2.18. The summed E-state index contributed by atoms with van der Waals surface area (Å²) in [5, 5.41) is 9.37. The maximum atomic E-state index is 12.7. The summed E-state index contributed by atoms with van der Waals surface area (Å²) in [5.74, 6) is -0.140. The molecular formula is C14H15N3O3. The number of aliphatic hydroxyl groups excluding tert-OH is 1. The van der Waals surface area contributed by atoms with E-state index in [2.05, 4.69) is 9.97 Å². The molecule has 6 heteroatoms. The summed E-state index contributed by atoms with van der Waals surface area (Å²) in [6, 6.07) is 5.05. The molecule has 1 aromatic heterocycles. The molecule has 0 bridgehead atoms. The molecule has 1 fully saturated rings. The zero-order chi connectivity index (χ0) is 13.9. The van der Waals surface area contributed by atoms with Gasteiger partial charge in [-0.05, 0) is 12.1 Å². The van der Waals surface area contributed by atoms with Gasteiger partial charge < -0.3 is 14.7 Å². The topological polar surface area (TPSA) is 75.6 Å². The third-order valence-electron chi connectivity index (χ3n) is 3.43. The minimum absolute atomic E-state index is 0.109. The van der Waals surface area contributed by atoms with Gasteiger partial charge in [0.1, 0.15) is 5.52 Å². The van der Waals surface area contributed by atoms with Crippen LogP contribution in [-0.4, -0.2) is 58.3 Å². The number of ether oxygens (including phenoxy) is 1. The van der Waals surface area contributed by atoms with E-state index in [9.17, 15) is 9.90 Å². The summed E-state index contributed by atoms with van der Waals surface area (Å²) in [4.78, 5) is 22.8. The lowest BCUT2D eigenvalue weighted by atomic mass is 10.1. The van der Waals surface area contributed by atoms with Crippen LogP contribution in [0.15, 0.2) is 30.6 Å². The number of fused-ring (bicyclic) bond motifs is 1. The van der Waals surface area contributed by atoms with Crippen molar-refractivity contribution >= 4 is 16.9 Å². The number of rotatable bonds is 2. The van der Waals surface area contributed by atoms with Crippen LogP contribution in [0, 0.1) is 0 Å². The second-order valence-corrected chi connectivity index (χ2v) is 4.64. The van der Waals surface area contributed by atoms with Crippen molar-refractivity contribution in [3.8, 4) is 0 Å². The Labute approximate surface area is 116 Å². The van der Waals surface area contributed by atoms with Crippen molar-refractivity contribution in [3.63, 3.8) is 0 Å². The molecule has 2 heterocycles. The van der Waals surface area contributed by atoms with E-state index in [1.807, 2.05) is 6.07 Å². The van der Waals surface area contributed by atoms with Gasteiger partial charge in [-0.2, -0.15) is 0 Å². The molecule has 0 radical (unpaired) electrons. The number of aliphatic hydroxyl groups is 1. The molecule has 1 amide bonds. The summed E-state index contributed by atoms with van der Waals surface area (Å²) in [6.45, 7) is 1.21. The average molecular weight is 273 g/mol. The fourth-order valence-electron chi connectivity index (χ4n) is 2.39. The molecule has 3 rings (SSSR count). The van der Waals surface area contributed by atoms with Crippen molar-refractivity contribution in [1.82, 2.24) is 14.9 Å². The number of hydrogen-bond donors (Lipinski definition) is 1. The van der Waals surface area contributed by atoms with E-state index >= 15 is 0 Å². The van der Waals surface area contributed by atoms with Crippen LogP contribution < -0.4 is 0 Å². The fraction of sp³-hybridized carbons (Fsp3) is 0.357. The normalized spacial score (nSPS) is 19.2. The first kappa shape index (κ1) is 13.0. The van der Waals surface area contributed by atoms with E-state index in [-0.39, 0.29) is 18.6 Å². The number of carbonyl (C=O) groups is 1. The molecule has 1 aliphatic heterocycles. The summed E-state index contributed by atoms with van der Waals surface area (Å²) in [7, 11) is 0. The summed E-state index contributed by atoms with van der Waals surface area (Å²) < 4.78 is 5.29. The number of amides is 1. The highest BCUT2D eigenvalue weighted by Gasteiger charge is 2.28. The maximum Gasteiger partial charge on any atom is 0.256 e. The van der Waals surface area contributed by atoms with Gasteiger partial charge in [0, 0.05) is 18.9 Å². The first-order valence-electron chi connectivity index (χ1n) is 6.50. The third kappa shape index (κ3) is 2.23. The van der Waals surface area contributed by atoms with Gasteiger partial charge in [-0.1, -0.05) is 6.07 Å². The molecule has 1 aromatic carbocycles. The molecule has 0 aliphatic carbocycles. The Hall–Kier alpha value is -2.05. The van der Waals surface area contributed by atoms with Gasteiger partial charge in [0.2, 0.25) is 0 Å². The molecule has 1 unspecified atom stereocenters. The zero-order valence-corrected chi connectivity index (χ0v) is 10.9. The Bertz CT molecular complexity index is 627. The van der Waals surface area contributed by atoms with Crippen LogP contribution in [0.3, 0.4) is 0 Å². The van der Waals surface area contributed by atoms with E-state index in [0.29, 0.717) is 36.4 Å². The molecule has 20 heavy (non-hydrogen) atoms. The molecule has 1 aliphatic rings. The highest BCUT2D eigenvalue weighted by atomic mass is 16.5. The average Bonchev–Trinajstić information content (AvgIpc) is 2.53. The van der Waals surface area contributed by atoms with Gasteiger partial charge in [0.05, 0.1) is 36.9 Å². The monoisotopic (exact) mass is 273 g/mol. The van der Waals surface area contributed by atoms with Crippen molar-refractivity contribution in [3.05, 3.63) is 36.2 Å². The van der Waals surface area contributed by atoms with Gasteiger partial charge >= 0.3 is 0 Å². The van der Waals surface area contributed by atoms with E-state index in [0.717, 1.165) is 0 Å². The number of para-hydroxylation sites is 1. The van der Waals surface area contributed by atoms with Crippen molar-refractivity contribution < 1.29 is 14.6 Å². The molecule has 6 nitrogen and oxygen atoms in total. The van der Waals surface area contributed by atoms with E-state index in [1.54, 1.807) is 29.4 Å². The van der Waals surface area contributed by atoms with Crippen LogP contribution >= 0.6 is 0 Å². The number of carbonyl (C=O) groups excluding carboxylic acids is 1. The van der Waals surface area contributed by atoms with Crippen molar-refractivity contribution in [2.45, 2.75) is 6.04 Å². The largest absolute Gasteiger partial charge is 0.394 e. The van der Waals surface area contributed by atoms with Crippen LogP contribution in [0.4, 0.5) is 0 Å². The van der Waals surface area contributed by atoms with E-state index in [1.165, 1.54) is 0 Å². The smallest absolute Gasteiger partial charge is 0.256 e. The second-order valence-electron chi connectivity index (χ2n) is 4.64. The number of hydrogen-bond acceptors (Lipinski definition) is 5. The minimum atomic E-state index is -0.303. The molecule has 0 spiro atoms. The lowest BCUT2D eigenvalue weighted by Crippen LogP contribution is -2.50. The maximum absolute atomic E-state index is 12.7. The Morgan fingerprint density at radius 3 is 3.10 bits per heavy atom. The lowest BCUT2D eigenvalue weighted by Gasteiger charge is -2.34. The quantitative estimate of drug-likeness (QED) is 0.860. The van der Waals surface area contributed by atoms with Crippen molar-refractivity contribution in [1.29, 1.82) is 0 Å². The summed E-state index contributed by atoms with van der Waals surface area (Å²) in [5.41, 5.74) is 1.78. The van der Waals surface area contributed by atoms with Crippen LogP contribution in [-0.2, 0) is 4.74 Å². The fourth-order valence-corrected chi connectivity index (χ4v) is 2.39. The number of aromatic nitrogens is 2. The van der Waals surface area contributed by atoms with Crippen LogP contribution in [0.5, 0.6) is 0 Å². The second kappa shape index (κ2) is 5.52. The van der Waals surface area contributed by atoms with Crippen LogP contribution in [0.2, 0.25) is 0 Å². The van der Waals surface area contributed by atoms with Crippen molar-refractivity contribution in [2.24, 2.45) is 0 Å². The summed E-state index contributed by atoms with van der Waals surface area (Å²) in [6.07, 6.45) is 3.17. The Morgan fingerprint density at radius 1 is 1.40 bits per heavy atom. The Kier molecular flexibility index (Phi) is 3.58. The molecule has 104 valence electrons. The molecule has 1 N–H and O–H groups in total. The number of benzene rings is 1. The third-order valence-corrected chi connectivity index (χ3v) is 3.43. The standard InChI is InChI=1S/C14H15N3O3/c18-8-10-9-20-7-6-17(10)14(19)11-2-1-3-12-13(11)16-5-4-15-12/h1-5,10,18H,6-9H2. The zero-order valence-electron chi connectivity index (χ0n) is 10.9. The van der Waals surface area contributed by atoms with E-state index in [4.69, 9.17) is 4.74 Å². The molecule has 2 aromatic rings. The SMILES string of the molecule is O=C(c1cccc2nccnc12)N1CCOCC1CO. The minimum Gasteiger partial charge on any atom is -0.394 e. The first-order valence-corrected chi connectivity index (χ1v) is 6.50. The molecule has 1 atom stereocenters. The van der Waals surface area contributed by atoms with Gasteiger partial charge in [-0.3, -0.25) is 14.8 Å². The lowest BCUT2D eigenvalue weighted by molar-refractivity contribution is -0.0183. The molecule has 1 saturated heterocycles. The van der Waals surface area contributed by atoms with Crippen molar-refractivity contribution in [2.75, 3.05) is 26.4 Å². The Morgan fingerprint density at radius 2 is 2.25 bits per heavy atom. The Balaban J connectivity index is 1.99. The summed E-state index contributed by atoms with van der Waals surface area (Å²) >= 11 is 0. The van der Waals surface area contributed by atoms with Gasteiger partial charge in [-0.15, -0.1) is 0 Å². The van der Waals surface area contributed by atoms with Crippen LogP contribution in [0.25, 0.3) is 11.0 Å². The first-order chi connectivity index (χ1) is 9.81. The van der Waals surface area contributed by atoms with Gasteiger partial charge in [-0.25, -0.2) is 0 Å². The van der Waals surface area contributed by atoms with Crippen LogP contribution in [0.1, 0.15) is 10.4 Å². The predicted molar refractivity (Wildman–Crippen MR) is 72.3 cm³/mol.